The molecule has 0 radical (unpaired) electrons. The van der Waals surface area contributed by atoms with E-state index >= 15 is 0 Å². The Kier molecular flexibility index (Phi) is 3.52. The molecule has 1 saturated carbocycles. The Morgan fingerprint density at radius 2 is 1.96 bits per heavy atom. The Hall–Kier alpha value is -2.37. The van der Waals surface area contributed by atoms with Gasteiger partial charge in [0, 0.05) is 29.7 Å². The molecule has 1 amide bonds. The second-order valence-corrected chi connectivity index (χ2v) is 6.26. The molecule has 23 heavy (non-hydrogen) atoms. The first kappa shape index (κ1) is 14.2. The Morgan fingerprint density at radius 1 is 1.13 bits per heavy atom. The molecular weight excluding hydrogens is 290 g/mol. The van der Waals surface area contributed by atoms with Crippen molar-refractivity contribution in [2.45, 2.75) is 51.5 Å². The second kappa shape index (κ2) is 5.68. The topological polar surface area (TPSA) is 71.9 Å². The van der Waals surface area contributed by atoms with Crippen LogP contribution in [0.25, 0.3) is 11.5 Å². The van der Waals surface area contributed by atoms with Crippen LogP contribution < -0.4 is 4.90 Å². The van der Waals surface area contributed by atoms with Gasteiger partial charge < -0.3 is 0 Å². The minimum Gasteiger partial charge on any atom is -0.293 e. The first-order valence-electron chi connectivity index (χ1n) is 8.20. The van der Waals surface area contributed by atoms with Crippen molar-refractivity contribution in [2.75, 3.05) is 4.90 Å². The van der Waals surface area contributed by atoms with Crippen molar-refractivity contribution in [2.24, 2.45) is 0 Å². The van der Waals surface area contributed by atoms with E-state index in [2.05, 4.69) is 19.9 Å². The van der Waals surface area contributed by atoms with Crippen molar-refractivity contribution in [3.8, 4) is 11.5 Å². The van der Waals surface area contributed by atoms with E-state index < -0.39 is 0 Å². The summed E-state index contributed by atoms with van der Waals surface area (Å²) >= 11 is 0. The normalized spacial score (nSPS) is 18.3. The number of aromatic nitrogens is 4. The van der Waals surface area contributed by atoms with Crippen LogP contribution in [0.5, 0.6) is 0 Å². The molecule has 4 rings (SSSR count). The van der Waals surface area contributed by atoms with Crippen molar-refractivity contribution in [1.29, 1.82) is 0 Å². The van der Waals surface area contributed by atoms with Crippen molar-refractivity contribution < 1.29 is 4.79 Å². The Bertz CT molecular complexity index is 740. The number of carbonyl (C=O) groups is 1. The van der Waals surface area contributed by atoms with Gasteiger partial charge >= 0.3 is 0 Å². The highest BCUT2D eigenvalue weighted by Crippen LogP contribution is 2.35. The maximum absolute atomic E-state index is 12.6. The van der Waals surface area contributed by atoms with Gasteiger partial charge in [0.1, 0.15) is 11.5 Å². The summed E-state index contributed by atoms with van der Waals surface area (Å²) in [5.74, 6) is 1.49. The van der Waals surface area contributed by atoms with Crippen LogP contribution in [-0.4, -0.2) is 31.9 Å². The van der Waals surface area contributed by atoms with Gasteiger partial charge in [-0.05, 0) is 19.8 Å². The average Bonchev–Trinajstić information content (AvgIpc) is 2.93. The monoisotopic (exact) mass is 309 g/mol. The van der Waals surface area contributed by atoms with E-state index in [1.807, 2.05) is 11.8 Å². The fourth-order valence-electron chi connectivity index (χ4n) is 3.59. The van der Waals surface area contributed by atoms with Crippen LogP contribution in [-0.2, 0) is 11.2 Å². The molecule has 0 atom stereocenters. The van der Waals surface area contributed by atoms with Crippen molar-refractivity contribution in [3.63, 3.8) is 0 Å². The van der Waals surface area contributed by atoms with Crippen LogP contribution in [0.3, 0.4) is 0 Å². The molecule has 6 nitrogen and oxygen atoms in total. The van der Waals surface area contributed by atoms with Crippen LogP contribution in [0.2, 0.25) is 0 Å². The summed E-state index contributed by atoms with van der Waals surface area (Å²) in [4.78, 5) is 32.1. The molecule has 0 aromatic carbocycles. The highest BCUT2D eigenvalue weighted by molar-refractivity contribution is 6.01. The molecule has 2 aromatic heterocycles. The van der Waals surface area contributed by atoms with Crippen LogP contribution in [0.15, 0.2) is 18.6 Å². The third-order valence-electron chi connectivity index (χ3n) is 4.75. The van der Waals surface area contributed by atoms with Crippen LogP contribution in [0.4, 0.5) is 5.82 Å². The van der Waals surface area contributed by atoms with E-state index in [0.717, 1.165) is 29.9 Å². The van der Waals surface area contributed by atoms with Gasteiger partial charge in [-0.3, -0.25) is 14.7 Å². The van der Waals surface area contributed by atoms with Gasteiger partial charge in [0.25, 0.3) is 0 Å². The summed E-state index contributed by atoms with van der Waals surface area (Å²) in [5, 5.41) is 0. The molecule has 118 valence electrons. The van der Waals surface area contributed by atoms with Crippen LogP contribution in [0, 0.1) is 6.92 Å². The fraction of sp³-hybridized carbons (Fsp3) is 0.471. The van der Waals surface area contributed by atoms with Gasteiger partial charge in [0.2, 0.25) is 5.91 Å². The SMILES string of the molecule is Cc1nc(-c2cnccn2)nc2c1CC(=O)N2C1CCCCC1. The van der Waals surface area contributed by atoms with Gasteiger partial charge in [-0.2, -0.15) is 0 Å². The Labute approximate surface area is 135 Å². The van der Waals surface area contributed by atoms with Gasteiger partial charge in [-0.25, -0.2) is 15.0 Å². The van der Waals surface area contributed by atoms with Gasteiger partial charge in [0.05, 0.1) is 12.6 Å². The largest absolute Gasteiger partial charge is 0.293 e. The Morgan fingerprint density at radius 3 is 2.70 bits per heavy atom. The number of aryl methyl sites for hydroxylation is 1. The highest BCUT2D eigenvalue weighted by atomic mass is 16.2. The van der Waals surface area contributed by atoms with E-state index in [-0.39, 0.29) is 11.9 Å². The molecule has 1 aliphatic heterocycles. The standard InChI is InChI=1S/C17H19N5O/c1-11-13-9-15(23)22(12-5-3-2-4-6-12)17(13)21-16(20-11)14-10-18-7-8-19-14/h7-8,10,12H,2-6,9H2,1H3. The molecule has 0 saturated heterocycles. The zero-order valence-corrected chi connectivity index (χ0v) is 13.2. The van der Waals surface area contributed by atoms with Crippen molar-refractivity contribution >= 4 is 11.7 Å². The van der Waals surface area contributed by atoms with E-state index in [1.54, 1.807) is 18.6 Å². The highest BCUT2D eigenvalue weighted by Gasteiger charge is 2.36. The summed E-state index contributed by atoms with van der Waals surface area (Å²) < 4.78 is 0. The molecule has 3 heterocycles. The van der Waals surface area contributed by atoms with E-state index in [9.17, 15) is 4.79 Å². The fourth-order valence-corrected chi connectivity index (χ4v) is 3.59. The lowest BCUT2D eigenvalue weighted by Crippen LogP contribution is -2.39. The van der Waals surface area contributed by atoms with Crippen LogP contribution in [0.1, 0.15) is 43.4 Å². The van der Waals surface area contributed by atoms with E-state index in [4.69, 9.17) is 0 Å². The third kappa shape index (κ3) is 2.48. The van der Waals surface area contributed by atoms with Crippen molar-refractivity contribution in [1.82, 2.24) is 19.9 Å². The minimum atomic E-state index is 0.153. The average molecular weight is 309 g/mol. The second-order valence-electron chi connectivity index (χ2n) is 6.26. The maximum atomic E-state index is 12.6. The number of anilines is 1. The first-order chi connectivity index (χ1) is 11.2. The van der Waals surface area contributed by atoms with Crippen LogP contribution >= 0.6 is 0 Å². The lowest BCUT2D eigenvalue weighted by Gasteiger charge is -2.31. The molecule has 1 fully saturated rings. The first-order valence-corrected chi connectivity index (χ1v) is 8.20. The minimum absolute atomic E-state index is 0.153. The number of nitrogens with zero attached hydrogens (tertiary/aromatic N) is 5. The number of amides is 1. The summed E-state index contributed by atoms with van der Waals surface area (Å²) in [7, 11) is 0. The predicted octanol–water partition coefficient (Wildman–Crippen LogP) is 2.46. The summed E-state index contributed by atoms with van der Waals surface area (Å²) in [6.07, 6.45) is 11.1. The molecule has 2 aromatic rings. The molecular formula is C17H19N5O. The van der Waals surface area contributed by atoms with E-state index in [0.29, 0.717) is 17.9 Å². The number of hydrogen-bond donors (Lipinski definition) is 0. The van der Waals surface area contributed by atoms with Gasteiger partial charge in [0.15, 0.2) is 5.82 Å². The Balaban J connectivity index is 1.78. The molecule has 1 aliphatic carbocycles. The molecule has 0 spiro atoms. The van der Waals surface area contributed by atoms with Gasteiger partial charge in [-0.15, -0.1) is 0 Å². The zero-order valence-electron chi connectivity index (χ0n) is 13.2. The molecule has 0 unspecified atom stereocenters. The summed E-state index contributed by atoms with van der Waals surface area (Å²) in [6.45, 7) is 1.94. The maximum Gasteiger partial charge on any atom is 0.233 e. The van der Waals surface area contributed by atoms with Crippen molar-refractivity contribution in [3.05, 3.63) is 29.8 Å². The molecule has 0 N–H and O–H groups in total. The molecule has 6 heteroatoms. The van der Waals surface area contributed by atoms with Gasteiger partial charge in [-0.1, -0.05) is 19.3 Å². The third-order valence-corrected chi connectivity index (χ3v) is 4.75. The lowest BCUT2D eigenvalue weighted by atomic mass is 9.94. The molecule has 2 aliphatic rings. The number of hydrogen-bond acceptors (Lipinski definition) is 5. The predicted molar refractivity (Wildman–Crippen MR) is 85.9 cm³/mol. The quantitative estimate of drug-likeness (QED) is 0.852. The zero-order chi connectivity index (χ0) is 15.8. The molecule has 0 bridgehead atoms. The smallest absolute Gasteiger partial charge is 0.233 e. The summed E-state index contributed by atoms with van der Waals surface area (Å²) in [6, 6.07) is 0.279. The summed E-state index contributed by atoms with van der Waals surface area (Å²) in [5.41, 5.74) is 2.47. The number of rotatable bonds is 2. The van der Waals surface area contributed by atoms with E-state index in [1.165, 1.54) is 19.3 Å². The lowest BCUT2D eigenvalue weighted by molar-refractivity contribution is -0.118. The number of fused-ring (bicyclic) bond motifs is 1. The number of carbonyl (C=O) groups excluding carboxylic acids is 1.